The van der Waals surface area contributed by atoms with Crippen molar-refractivity contribution in [2.24, 2.45) is 5.92 Å². The topological polar surface area (TPSA) is 63.0 Å². The summed E-state index contributed by atoms with van der Waals surface area (Å²) in [5.74, 6) is 1.17. The highest BCUT2D eigenvalue weighted by Crippen LogP contribution is 2.16. The predicted octanol–water partition coefficient (Wildman–Crippen LogP) is 1.62. The molecule has 2 heterocycles. The van der Waals surface area contributed by atoms with Crippen molar-refractivity contribution in [1.29, 1.82) is 0 Å². The van der Waals surface area contributed by atoms with Gasteiger partial charge in [-0.2, -0.15) is 0 Å². The third-order valence-corrected chi connectivity index (χ3v) is 4.35. The highest BCUT2D eigenvalue weighted by Gasteiger charge is 2.24. The van der Waals surface area contributed by atoms with Crippen LogP contribution in [0.4, 0.5) is 0 Å². The van der Waals surface area contributed by atoms with E-state index < -0.39 is 0 Å². The number of nitrogens with zero attached hydrogens (tertiary/aromatic N) is 4. The molecule has 1 amide bonds. The first-order valence-corrected chi connectivity index (χ1v) is 8.15. The maximum Gasteiger partial charge on any atom is 0.226 e. The summed E-state index contributed by atoms with van der Waals surface area (Å²) in [5, 5.41) is 11.6. The number of likely N-dealkylation sites (tertiary alicyclic amines) is 1. The largest absolute Gasteiger partial charge is 0.345 e. The van der Waals surface area contributed by atoms with Gasteiger partial charge in [-0.25, -0.2) is 0 Å². The van der Waals surface area contributed by atoms with E-state index in [0.717, 1.165) is 37.3 Å². The van der Waals surface area contributed by atoms with Gasteiger partial charge < -0.3 is 10.2 Å². The summed E-state index contributed by atoms with van der Waals surface area (Å²) in [7, 11) is 1.90. The molecule has 2 aromatic rings. The third kappa shape index (κ3) is 3.76. The Morgan fingerprint density at radius 3 is 2.91 bits per heavy atom. The molecular weight excluding hydrogens is 290 g/mol. The minimum absolute atomic E-state index is 0.0654. The van der Waals surface area contributed by atoms with Gasteiger partial charge in [-0.05, 0) is 25.0 Å². The van der Waals surface area contributed by atoms with E-state index in [9.17, 15) is 4.79 Å². The number of carbonyl (C=O) groups excluding carboxylic acids is 1. The molecule has 0 aliphatic carbocycles. The highest BCUT2D eigenvalue weighted by atomic mass is 16.2. The monoisotopic (exact) mass is 313 g/mol. The van der Waals surface area contributed by atoms with Crippen molar-refractivity contribution in [2.45, 2.75) is 25.8 Å². The van der Waals surface area contributed by atoms with Crippen LogP contribution in [0.2, 0.25) is 0 Å². The zero-order chi connectivity index (χ0) is 16.1. The number of hydrogen-bond donors (Lipinski definition) is 1. The van der Waals surface area contributed by atoms with E-state index in [0.29, 0.717) is 13.1 Å². The molecule has 1 atom stereocenters. The van der Waals surface area contributed by atoms with Crippen molar-refractivity contribution in [3.8, 4) is 5.69 Å². The summed E-state index contributed by atoms with van der Waals surface area (Å²) >= 11 is 0. The first-order chi connectivity index (χ1) is 11.3. The molecule has 0 unspecified atom stereocenters. The van der Waals surface area contributed by atoms with Crippen molar-refractivity contribution in [1.82, 2.24) is 25.0 Å². The predicted molar refractivity (Wildman–Crippen MR) is 88.0 cm³/mol. The molecule has 1 aliphatic heterocycles. The van der Waals surface area contributed by atoms with Crippen molar-refractivity contribution in [3.05, 3.63) is 42.5 Å². The van der Waals surface area contributed by atoms with Crippen LogP contribution in [-0.4, -0.2) is 45.7 Å². The lowest BCUT2D eigenvalue weighted by Crippen LogP contribution is -2.36. The van der Waals surface area contributed by atoms with E-state index >= 15 is 0 Å². The van der Waals surface area contributed by atoms with E-state index in [-0.39, 0.29) is 11.8 Å². The standard InChI is InChI=1S/C17H23N5O/c1-21-10-6-5-7-14(17(21)23)11-18-12-16-20-19-13-22(16)15-8-3-2-4-9-15/h2-4,8-9,13-14,18H,5-7,10-12H2,1H3/t14-/m1/s1. The Balaban J connectivity index is 1.59. The maximum absolute atomic E-state index is 12.3. The molecule has 6 nitrogen and oxygen atoms in total. The average molecular weight is 313 g/mol. The zero-order valence-corrected chi connectivity index (χ0v) is 13.5. The van der Waals surface area contributed by atoms with Gasteiger partial charge in [0.2, 0.25) is 5.91 Å². The molecule has 1 fully saturated rings. The minimum Gasteiger partial charge on any atom is -0.345 e. The molecule has 1 aromatic heterocycles. The van der Waals surface area contributed by atoms with Crippen LogP contribution in [0.5, 0.6) is 0 Å². The molecule has 6 heteroatoms. The number of benzene rings is 1. The number of para-hydroxylation sites is 1. The molecule has 1 N–H and O–H groups in total. The molecule has 122 valence electrons. The van der Waals surface area contributed by atoms with Gasteiger partial charge in [0.1, 0.15) is 6.33 Å². The van der Waals surface area contributed by atoms with Gasteiger partial charge in [-0.1, -0.05) is 24.6 Å². The van der Waals surface area contributed by atoms with E-state index in [1.165, 1.54) is 0 Å². The number of hydrogen-bond acceptors (Lipinski definition) is 4. The molecular formula is C17H23N5O. The van der Waals surface area contributed by atoms with Gasteiger partial charge in [0.15, 0.2) is 5.82 Å². The number of nitrogens with one attached hydrogen (secondary N) is 1. The molecule has 23 heavy (non-hydrogen) atoms. The van der Waals surface area contributed by atoms with Gasteiger partial charge in [-0.3, -0.25) is 9.36 Å². The van der Waals surface area contributed by atoms with Crippen molar-refractivity contribution in [3.63, 3.8) is 0 Å². The Bertz CT molecular complexity index is 639. The lowest BCUT2D eigenvalue weighted by atomic mass is 10.0. The normalized spacial score (nSPS) is 18.9. The summed E-state index contributed by atoms with van der Waals surface area (Å²) in [4.78, 5) is 14.1. The summed E-state index contributed by atoms with van der Waals surface area (Å²) in [6, 6.07) is 10.0. The number of rotatable bonds is 5. The fourth-order valence-corrected chi connectivity index (χ4v) is 3.02. The molecule has 0 spiro atoms. The Morgan fingerprint density at radius 1 is 1.26 bits per heavy atom. The maximum atomic E-state index is 12.3. The zero-order valence-electron chi connectivity index (χ0n) is 13.5. The first kappa shape index (κ1) is 15.7. The molecule has 0 bridgehead atoms. The Labute approximate surface area is 136 Å². The molecule has 1 saturated heterocycles. The SMILES string of the molecule is CN1CCCC[C@H](CNCc2nncn2-c2ccccc2)C1=O. The van der Waals surface area contributed by atoms with Crippen LogP contribution in [0.25, 0.3) is 5.69 Å². The van der Waals surface area contributed by atoms with Crippen LogP contribution in [0, 0.1) is 5.92 Å². The lowest BCUT2D eigenvalue weighted by molar-refractivity contribution is -0.133. The van der Waals surface area contributed by atoms with Crippen molar-refractivity contribution in [2.75, 3.05) is 20.1 Å². The lowest BCUT2D eigenvalue weighted by Gasteiger charge is -2.20. The van der Waals surface area contributed by atoms with Crippen LogP contribution >= 0.6 is 0 Å². The molecule has 0 radical (unpaired) electrons. The fraction of sp³-hybridized carbons (Fsp3) is 0.471. The fourth-order valence-electron chi connectivity index (χ4n) is 3.02. The summed E-state index contributed by atoms with van der Waals surface area (Å²) < 4.78 is 1.97. The highest BCUT2D eigenvalue weighted by molar-refractivity contribution is 5.79. The Kier molecular flexibility index (Phi) is 5.02. The van der Waals surface area contributed by atoms with Crippen LogP contribution < -0.4 is 5.32 Å². The number of amides is 1. The van der Waals surface area contributed by atoms with E-state index in [1.54, 1.807) is 6.33 Å². The van der Waals surface area contributed by atoms with E-state index in [1.807, 2.05) is 46.8 Å². The van der Waals surface area contributed by atoms with Crippen LogP contribution in [0.3, 0.4) is 0 Å². The van der Waals surface area contributed by atoms with Gasteiger partial charge in [-0.15, -0.1) is 10.2 Å². The Morgan fingerprint density at radius 2 is 2.09 bits per heavy atom. The minimum atomic E-state index is 0.0654. The number of aromatic nitrogens is 3. The van der Waals surface area contributed by atoms with Crippen molar-refractivity contribution >= 4 is 5.91 Å². The summed E-state index contributed by atoms with van der Waals surface area (Å²) in [5.41, 5.74) is 1.04. The molecule has 1 aliphatic rings. The number of carbonyl (C=O) groups is 1. The second-order valence-electron chi connectivity index (χ2n) is 6.04. The van der Waals surface area contributed by atoms with Gasteiger partial charge in [0.05, 0.1) is 12.5 Å². The molecule has 1 aromatic carbocycles. The molecule has 3 rings (SSSR count). The first-order valence-electron chi connectivity index (χ1n) is 8.15. The second kappa shape index (κ2) is 7.37. The van der Waals surface area contributed by atoms with Gasteiger partial charge >= 0.3 is 0 Å². The third-order valence-electron chi connectivity index (χ3n) is 4.35. The van der Waals surface area contributed by atoms with Crippen LogP contribution in [-0.2, 0) is 11.3 Å². The van der Waals surface area contributed by atoms with Gasteiger partial charge in [0, 0.05) is 25.8 Å². The van der Waals surface area contributed by atoms with E-state index in [4.69, 9.17) is 0 Å². The second-order valence-corrected chi connectivity index (χ2v) is 6.04. The quantitative estimate of drug-likeness (QED) is 0.911. The Hall–Kier alpha value is -2.21. The summed E-state index contributed by atoms with van der Waals surface area (Å²) in [6.45, 7) is 2.16. The van der Waals surface area contributed by atoms with Crippen LogP contribution in [0.15, 0.2) is 36.7 Å². The van der Waals surface area contributed by atoms with E-state index in [2.05, 4.69) is 15.5 Å². The van der Waals surface area contributed by atoms with Gasteiger partial charge in [0.25, 0.3) is 0 Å². The average Bonchev–Trinajstić information content (AvgIpc) is 2.99. The molecule has 0 saturated carbocycles. The van der Waals surface area contributed by atoms with Crippen LogP contribution in [0.1, 0.15) is 25.1 Å². The summed E-state index contributed by atoms with van der Waals surface area (Å²) in [6.07, 6.45) is 4.89. The smallest absolute Gasteiger partial charge is 0.226 e. The van der Waals surface area contributed by atoms with Crippen molar-refractivity contribution < 1.29 is 4.79 Å².